The number of aliphatic hydroxyl groups excluding tert-OH is 1. The number of β-amino-alcohol motifs (C(OH)–C–C–N with tert-alkyl or cyclic N) is 1. The minimum absolute atomic E-state index is 0.239. The van der Waals surface area contributed by atoms with Crippen LogP contribution in [0.15, 0.2) is 24.7 Å². The molecule has 0 radical (unpaired) electrons. The van der Waals surface area contributed by atoms with E-state index in [1.807, 2.05) is 4.52 Å². The van der Waals surface area contributed by atoms with Crippen LogP contribution in [0.25, 0.3) is 27.9 Å². The van der Waals surface area contributed by atoms with Crippen LogP contribution in [0.3, 0.4) is 0 Å². The Balaban J connectivity index is 1.32. The van der Waals surface area contributed by atoms with E-state index < -0.39 is 6.23 Å². The molecular formula is C30H42N8O. The number of rotatable bonds is 6. The largest absolute Gasteiger partial charge is 0.377 e. The van der Waals surface area contributed by atoms with Crippen LogP contribution in [0.2, 0.25) is 0 Å². The molecule has 208 valence electrons. The van der Waals surface area contributed by atoms with Crippen LogP contribution in [-0.4, -0.2) is 90.5 Å². The van der Waals surface area contributed by atoms with Gasteiger partial charge in [0.25, 0.3) is 0 Å². The lowest BCUT2D eigenvalue weighted by Crippen LogP contribution is -2.61. The molecule has 2 saturated heterocycles. The van der Waals surface area contributed by atoms with Crippen LogP contribution in [0.5, 0.6) is 0 Å². The van der Waals surface area contributed by atoms with E-state index in [1.54, 1.807) is 6.33 Å². The summed E-state index contributed by atoms with van der Waals surface area (Å²) in [7, 11) is 0. The van der Waals surface area contributed by atoms with Crippen molar-refractivity contribution in [3.8, 4) is 11.3 Å². The Hall–Kier alpha value is -3.01. The Bertz CT molecular complexity index is 1480. The monoisotopic (exact) mass is 530 g/mol. The second-order valence-corrected chi connectivity index (χ2v) is 12.0. The van der Waals surface area contributed by atoms with E-state index in [9.17, 15) is 5.11 Å². The second-order valence-electron chi connectivity index (χ2n) is 12.0. The predicted molar refractivity (Wildman–Crippen MR) is 156 cm³/mol. The van der Waals surface area contributed by atoms with Crippen molar-refractivity contribution in [2.45, 2.75) is 78.6 Å². The van der Waals surface area contributed by atoms with E-state index in [-0.39, 0.29) is 18.0 Å². The molecule has 0 spiro atoms. The molecule has 6 heterocycles. The minimum atomic E-state index is -0.424. The van der Waals surface area contributed by atoms with Crippen LogP contribution in [-0.2, 0) is 0 Å². The third-order valence-corrected chi connectivity index (χ3v) is 8.97. The zero-order valence-electron chi connectivity index (χ0n) is 24.1. The highest BCUT2D eigenvalue weighted by molar-refractivity contribution is 5.90. The summed E-state index contributed by atoms with van der Waals surface area (Å²) >= 11 is 0. The number of pyridine rings is 2. The fraction of sp³-hybridized carbons (Fsp3) is 0.567. The molecule has 3 atom stereocenters. The maximum Gasteiger partial charge on any atom is 0.158 e. The zero-order chi connectivity index (χ0) is 27.4. The Kier molecular flexibility index (Phi) is 6.85. The Labute approximate surface area is 230 Å². The van der Waals surface area contributed by atoms with E-state index >= 15 is 0 Å². The summed E-state index contributed by atoms with van der Waals surface area (Å²) < 4.78 is 1.87. The van der Waals surface area contributed by atoms with Gasteiger partial charge >= 0.3 is 0 Å². The van der Waals surface area contributed by atoms with Gasteiger partial charge in [0.1, 0.15) is 18.4 Å². The number of H-pyrrole nitrogens is 1. The first-order valence-corrected chi connectivity index (χ1v) is 14.5. The Morgan fingerprint density at radius 2 is 1.82 bits per heavy atom. The predicted octanol–water partition coefficient (Wildman–Crippen LogP) is 4.33. The van der Waals surface area contributed by atoms with E-state index in [0.29, 0.717) is 0 Å². The lowest BCUT2D eigenvalue weighted by atomic mass is 9.95. The average molecular weight is 531 g/mol. The lowest BCUT2D eigenvalue weighted by Gasteiger charge is -2.47. The Morgan fingerprint density at radius 3 is 2.56 bits per heavy atom. The number of aliphatic hydroxyl groups is 1. The number of anilines is 1. The molecule has 9 heteroatoms. The highest BCUT2D eigenvalue weighted by Crippen LogP contribution is 2.38. The van der Waals surface area contributed by atoms with E-state index in [4.69, 9.17) is 4.98 Å². The van der Waals surface area contributed by atoms with Crippen molar-refractivity contribution in [3.63, 3.8) is 0 Å². The molecule has 1 unspecified atom stereocenters. The summed E-state index contributed by atoms with van der Waals surface area (Å²) in [5.74, 6) is 1.29. The van der Waals surface area contributed by atoms with Crippen LogP contribution in [0, 0.1) is 13.8 Å². The number of aromatic nitrogens is 5. The van der Waals surface area contributed by atoms with E-state index in [2.05, 4.69) is 89.6 Å². The summed E-state index contributed by atoms with van der Waals surface area (Å²) in [4.78, 5) is 20.5. The van der Waals surface area contributed by atoms with Gasteiger partial charge in [-0.15, -0.1) is 0 Å². The first kappa shape index (κ1) is 26.2. The van der Waals surface area contributed by atoms with Crippen molar-refractivity contribution in [1.29, 1.82) is 0 Å². The number of hydrogen-bond acceptors (Lipinski definition) is 7. The number of hydrogen-bond donors (Lipinski definition) is 2. The van der Waals surface area contributed by atoms with Gasteiger partial charge in [-0.3, -0.25) is 9.80 Å². The molecule has 2 fully saturated rings. The summed E-state index contributed by atoms with van der Waals surface area (Å²) in [6.45, 7) is 17.8. The third kappa shape index (κ3) is 4.60. The molecular weight excluding hydrogens is 488 g/mol. The highest BCUT2D eigenvalue weighted by atomic mass is 16.3. The maximum absolute atomic E-state index is 11.1. The average Bonchev–Trinajstić information content (AvgIpc) is 3.66. The fourth-order valence-corrected chi connectivity index (χ4v) is 6.65. The number of likely N-dealkylation sites (tertiary alicyclic amines) is 1. The smallest absolute Gasteiger partial charge is 0.158 e. The molecule has 39 heavy (non-hydrogen) atoms. The Morgan fingerprint density at radius 1 is 1.05 bits per heavy atom. The molecule has 6 rings (SSSR count). The van der Waals surface area contributed by atoms with Crippen molar-refractivity contribution < 1.29 is 5.11 Å². The second kappa shape index (κ2) is 10.2. The topological polar surface area (TPSA) is 88.8 Å². The first-order valence-electron chi connectivity index (χ1n) is 14.5. The zero-order valence-corrected chi connectivity index (χ0v) is 24.1. The SMILES string of the molecule is Cc1c(-c2[nH]c3ccc(N4C[C@@H](C)N(C(O)CN5CCCC5)C[C@@H]4C)nc3c2C(C)C)cn2ncnc2c1C. The maximum atomic E-state index is 11.1. The van der Waals surface area contributed by atoms with Gasteiger partial charge in [-0.1, -0.05) is 13.8 Å². The van der Waals surface area contributed by atoms with Crippen molar-refractivity contribution in [2.75, 3.05) is 37.6 Å². The van der Waals surface area contributed by atoms with Crippen LogP contribution in [0.1, 0.15) is 63.1 Å². The molecule has 0 saturated carbocycles. The molecule has 0 bridgehead atoms. The number of nitrogens with one attached hydrogen (secondary N) is 1. The number of piperazine rings is 1. The van der Waals surface area contributed by atoms with Gasteiger partial charge in [0.2, 0.25) is 0 Å². The van der Waals surface area contributed by atoms with Gasteiger partial charge in [0.05, 0.1) is 16.7 Å². The first-order chi connectivity index (χ1) is 18.7. The van der Waals surface area contributed by atoms with Gasteiger partial charge in [-0.25, -0.2) is 14.5 Å². The normalized spacial score (nSPS) is 22.1. The van der Waals surface area contributed by atoms with Gasteiger partial charge in [-0.05, 0) is 82.8 Å². The summed E-state index contributed by atoms with van der Waals surface area (Å²) in [5.41, 5.74) is 8.80. The highest BCUT2D eigenvalue weighted by Gasteiger charge is 2.34. The van der Waals surface area contributed by atoms with E-state index in [1.165, 1.54) is 24.0 Å². The molecule has 4 aromatic rings. The molecule has 0 amide bonds. The molecule has 0 aliphatic carbocycles. The van der Waals surface area contributed by atoms with Gasteiger partial charge in [0, 0.05) is 49.0 Å². The molecule has 9 nitrogen and oxygen atoms in total. The summed E-state index contributed by atoms with van der Waals surface area (Å²) in [6.07, 6.45) is 5.76. The molecule has 0 aromatic carbocycles. The van der Waals surface area contributed by atoms with Gasteiger partial charge in [-0.2, -0.15) is 5.10 Å². The van der Waals surface area contributed by atoms with E-state index in [0.717, 1.165) is 72.0 Å². The molecule has 2 aliphatic rings. The van der Waals surface area contributed by atoms with Crippen LogP contribution >= 0.6 is 0 Å². The number of aromatic amines is 1. The molecule has 2 N–H and O–H groups in total. The lowest BCUT2D eigenvalue weighted by molar-refractivity contribution is -0.0484. The molecule has 4 aromatic heterocycles. The fourth-order valence-electron chi connectivity index (χ4n) is 6.65. The van der Waals surface area contributed by atoms with Crippen molar-refractivity contribution >= 4 is 22.5 Å². The standard InChI is InChI=1S/C30H42N8O/c1-18(2)27-28(23-15-38-30(31-17-32-38)22(6)21(23)5)33-24-9-10-25(34-29(24)27)36-13-20(4)37(14-19(36)3)26(39)16-35-11-7-8-12-35/h9-10,15,17-20,26,33,39H,7-8,11-14,16H2,1-6H3/t19-,20+,26?/m0/s1. The quantitative estimate of drug-likeness (QED) is 0.384. The minimum Gasteiger partial charge on any atom is -0.377 e. The van der Waals surface area contributed by atoms with Crippen molar-refractivity contribution in [2.24, 2.45) is 0 Å². The number of nitrogens with zero attached hydrogens (tertiary/aromatic N) is 7. The van der Waals surface area contributed by atoms with Crippen molar-refractivity contribution in [1.82, 2.24) is 34.4 Å². The number of aryl methyl sites for hydroxylation is 1. The molecule has 2 aliphatic heterocycles. The van der Waals surface area contributed by atoms with Gasteiger partial charge < -0.3 is 15.0 Å². The third-order valence-electron chi connectivity index (χ3n) is 8.97. The van der Waals surface area contributed by atoms with Gasteiger partial charge in [0.15, 0.2) is 5.65 Å². The number of fused-ring (bicyclic) bond motifs is 2. The van der Waals surface area contributed by atoms with Crippen LogP contribution in [0.4, 0.5) is 5.82 Å². The summed E-state index contributed by atoms with van der Waals surface area (Å²) in [6, 6.07) is 4.81. The van der Waals surface area contributed by atoms with Crippen molar-refractivity contribution in [3.05, 3.63) is 41.3 Å². The summed E-state index contributed by atoms with van der Waals surface area (Å²) in [5, 5.41) is 15.5. The van der Waals surface area contributed by atoms with Crippen LogP contribution < -0.4 is 4.90 Å².